The quantitative estimate of drug-likeness (QED) is 0.831. The molecule has 0 aliphatic heterocycles. The Morgan fingerprint density at radius 1 is 1.38 bits per heavy atom. The first-order valence-corrected chi connectivity index (χ1v) is 6.46. The maximum Gasteiger partial charge on any atom is 0.0659 e. The van der Waals surface area contributed by atoms with Gasteiger partial charge >= 0.3 is 0 Å². The Balaban J connectivity index is 1.97. The van der Waals surface area contributed by atoms with Crippen molar-refractivity contribution in [1.29, 1.82) is 0 Å². The van der Waals surface area contributed by atoms with Crippen LogP contribution in [0.15, 0.2) is 18.3 Å². The first-order valence-electron chi connectivity index (χ1n) is 6.46. The minimum absolute atomic E-state index is 0.493. The van der Waals surface area contributed by atoms with Crippen LogP contribution in [0.4, 0.5) is 5.69 Å². The molecule has 0 saturated heterocycles. The summed E-state index contributed by atoms with van der Waals surface area (Å²) in [5.74, 6) is 1.37. The molecule has 0 spiro atoms. The number of nitrogens with one attached hydrogen (secondary N) is 1. The molecule has 0 amide bonds. The molecule has 1 N–H and O–H groups in total. The topological polar surface area (TPSA) is 24.9 Å². The van der Waals surface area contributed by atoms with Crippen LogP contribution in [0, 0.1) is 5.92 Å². The largest absolute Gasteiger partial charge is 0.383 e. The fraction of sp³-hybridized carbons (Fsp3) is 0.643. The lowest BCUT2D eigenvalue weighted by atomic mass is 10.1. The van der Waals surface area contributed by atoms with Crippen LogP contribution in [0.5, 0.6) is 0 Å². The maximum absolute atomic E-state index is 4.46. The van der Waals surface area contributed by atoms with E-state index in [1.807, 2.05) is 12.3 Å². The Hall–Kier alpha value is -1.05. The minimum atomic E-state index is 0.493. The third-order valence-corrected chi connectivity index (χ3v) is 3.44. The average molecular weight is 218 g/mol. The molecule has 1 aromatic heterocycles. The van der Waals surface area contributed by atoms with E-state index in [9.17, 15) is 0 Å². The number of rotatable bonds is 4. The summed E-state index contributed by atoms with van der Waals surface area (Å²) in [7, 11) is 0. The summed E-state index contributed by atoms with van der Waals surface area (Å²) in [4.78, 5) is 4.46. The molecule has 2 heteroatoms. The molecule has 1 aliphatic rings. The predicted molar refractivity (Wildman–Crippen MR) is 68.8 cm³/mol. The highest BCUT2D eigenvalue weighted by molar-refractivity contribution is 5.48. The van der Waals surface area contributed by atoms with E-state index < -0.39 is 0 Å². The second kappa shape index (κ2) is 5.33. The molecule has 0 bridgehead atoms. The summed E-state index contributed by atoms with van der Waals surface area (Å²) in [6, 6.07) is 4.17. The summed E-state index contributed by atoms with van der Waals surface area (Å²) in [5.41, 5.74) is 2.42. The highest BCUT2D eigenvalue weighted by Gasteiger charge is 2.15. The maximum atomic E-state index is 4.46. The van der Waals surface area contributed by atoms with Gasteiger partial charge in [-0.1, -0.05) is 26.7 Å². The molecule has 1 aromatic rings. The first-order chi connectivity index (χ1) is 7.77. The molecule has 2 nitrogen and oxygen atoms in total. The van der Waals surface area contributed by atoms with Crippen molar-refractivity contribution >= 4 is 5.69 Å². The van der Waals surface area contributed by atoms with Gasteiger partial charge in [0.1, 0.15) is 0 Å². The highest BCUT2D eigenvalue weighted by Crippen LogP contribution is 2.26. The van der Waals surface area contributed by atoms with Crippen LogP contribution in [0.3, 0.4) is 0 Å². The number of aromatic nitrogens is 1. The second-order valence-corrected chi connectivity index (χ2v) is 5.12. The van der Waals surface area contributed by atoms with Gasteiger partial charge in [0.2, 0.25) is 0 Å². The van der Waals surface area contributed by atoms with Gasteiger partial charge in [-0.25, -0.2) is 0 Å². The highest BCUT2D eigenvalue weighted by atomic mass is 14.9. The SMILES string of the molecule is CC(C)c1ncccc1NCC1CCCC1. The summed E-state index contributed by atoms with van der Waals surface area (Å²) in [6.45, 7) is 5.51. The van der Waals surface area contributed by atoms with Crippen molar-refractivity contribution in [2.24, 2.45) is 5.92 Å². The zero-order chi connectivity index (χ0) is 11.4. The smallest absolute Gasteiger partial charge is 0.0659 e. The van der Waals surface area contributed by atoms with E-state index in [-0.39, 0.29) is 0 Å². The van der Waals surface area contributed by atoms with Crippen molar-refractivity contribution in [3.05, 3.63) is 24.0 Å². The standard InChI is InChI=1S/C14H22N2/c1-11(2)14-13(8-5-9-15-14)16-10-12-6-3-4-7-12/h5,8-9,11-12,16H,3-4,6-7,10H2,1-2H3. The molecule has 0 aromatic carbocycles. The average Bonchev–Trinajstić information content (AvgIpc) is 2.79. The summed E-state index contributed by atoms with van der Waals surface area (Å²) in [6.07, 6.45) is 7.50. The Morgan fingerprint density at radius 2 is 2.12 bits per heavy atom. The summed E-state index contributed by atoms with van der Waals surface area (Å²) in [5, 5.41) is 3.57. The van der Waals surface area contributed by atoms with Crippen LogP contribution in [-0.2, 0) is 0 Å². The molecular weight excluding hydrogens is 196 g/mol. The van der Waals surface area contributed by atoms with Crippen molar-refractivity contribution in [2.75, 3.05) is 11.9 Å². The van der Waals surface area contributed by atoms with Crippen molar-refractivity contribution in [3.8, 4) is 0 Å². The zero-order valence-corrected chi connectivity index (χ0v) is 10.4. The van der Waals surface area contributed by atoms with E-state index >= 15 is 0 Å². The molecule has 0 unspecified atom stereocenters. The molecule has 16 heavy (non-hydrogen) atoms. The van der Waals surface area contributed by atoms with Gasteiger partial charge in [-0.2, -0.15) is 0 Å². The monoisotopic (exact) mass is 218 g/mol. The van der Waals surface area contributed by atoms with E-state index in [4.69, 9.17) is 0 Å². The van der Waals surface area contributed by atoms with Crippen molar-refractivity contribution < 1.29 is 0 Å². The Labute approximate surface area is 98.5 Å². The molecular formula is C14H22N2. The fourth-order valence-corrected chi connectivity index (χ4v) is 2.50. The summed E-state index contributed by atoms with van der Waals surface area (Å²) >= 11 is 0. The summed E-state index contributed by atoms with van der Waals surface area (Å²) < 4.78 is 0. The van der Waals surface area contributed by atoms with Gasteiger partial charge in [0.15, 0.2) is 0 Å². The van der Waals surface area contributed by atoms with Gasteiger partial charge in [-0.15, -0.1) is 0 Å². The molecule has 0 atom stereocenters. The van der Waals surface area contributed by atoms with Crippen LogP contribution in [-0.4, -0.2) is 11.5 Å². The number of pyridine rings is 1. The van der Waals surface area contributed by atoms with E-state index in [1.165, 1.54) is 37.1 Å². The molecule has 1 saturated carbocycles. The van der Waals surface area contributed by atoms with Crippen molar-refractivity contribution in [1.82, 2.24) is 4.98 Å². The third kappa shape index (κ3) is 2.75. The second-order valence-electron chi connectivity index (χ2n) is 5.12. The van der Waals surface area contributed by atoms with Crippen LogP contribution < -0.4 is 5.32 Å². The van der Waals surface area contributed by atoms with Crippen molar-refractivity contribution in [2.45, 2.75) is 45.4 Å². The molecule has 2 rings (SSSR count). The number of nitrogens with zero attached hydrogens (tertiary/aromatic N) is 1. The van der Waals surface area contributed by atoms with Gasteiger partial charge in [-0.05, 0) is 36.8 Å². The normalized spacial score (nSPS) is 16.9. The Kier molecular flexibility index (Phi) is 3.81. The lowest BCUT2D eigenvalue weighted by Crippen LogP contribution is -2.13. The minimum Gasteiger partial charge on any atom is -0.383 e. The van der Waals surface area contributed by atoms with Gasteiger partial charge in [0.25, 0.3) is 0 Å². The van der Waals surface area contributed by atoms with Crippen LogP contribution in [0.2, 0.25) is 0 Å². The van der Waals surface area contributed by atoms with E-state index in [0.29, 0.717) is 5.92 Å². The van der Waals surface area contributed by atoms with Gasteiger partial charge in [-0.3, -0.25) is 4.98 Å². The van der Waals surface area contributed by atoms with Gasteiger partial charge in [0.05, 0.1) is 11.4 Å². The van der Waals surface area contributed by atoms with Crippen LogP contribution >= 0.6 is 0 Å². The number of hydrogen-bond donors (Lipinski definition) is 1. The molecule has 1 fully saturated rings. The third-order valence-electron chi connectivity index (χ3n) is 3.44. The Bertz CT molecular complexity index is 327. The van der Waals surface area contributed by atoms with Gasteiger partial charge in [0, 0.05) is 12.7 Å². The van der Waals surface area contributed by atoms with Crippen LogP contribution in [0.1, 0.15) is 51.1 Å². The van der Waals surface area contributed by atoms with Gasteiger partial charge < -0.3 is 5.32 Å². The van der Waals surface area contributed by atoms with E-state index in [1.54, 1.807) is 0 Å². The predicted octanol–water partition coefficient (Wildman–Crippen LogP) is 3.81. The van der Waals surface area contributed by atoms with Crippen LogP contribution in [0.25, 0.3) is 0 Å². The Morgan fingerprint density at radius 3 is 2.81 bits per heavy atom. The first kappa shape index (κ1) is 11.4. The lowest BCUT2D eigenvalue weighted by molar-refractivity contribution is 0.579. The van der Waals surface area contributed by atoms with E-state index in [2.05, 4.69) is 30.2 Å². The van der Waals surface area contributed by atoms with Crippen molar-refractivity contribution in [3.63, 3.8) is 0 Å². The lowest BCUT2D eigenvalue weighted by Gasteiger charge is -2.16. The molecule has 0 radical (unpaired) electrons. The fourth-order valence-electron chi connectivity index (χ4n) is 2.50. The molecule has 1 heterocycles. The molecule has 1 aliphatic carbocycles. The number of anilines is 1. The molecule has 88 valence electrons. The zero-order valence-electron chi connectivity index (χ0n) is 10.4. The van der Waals surface area contributed by atoms with E-state index in [0.717, 1.165) is 12.5 Å². The number of hydrogen-bond acceptors (Lipinski definition) is 2.